The Morgan fingerprint density at radius 1 is 0.534 bits per heavy atom. The first kappa shape index (κ1) is 64.6. The summed E-state index contributed by atoms with van der Waals surface area (Å²) in [5.74, 6) is -5.94. The van der Waals surface area contributed by atoms with Crippen LogP contribution < -0.4 is 14.9 Å². The Morgan fingerprint density at radius 3 is 1.61 bits per heavy atom. The summed E-state index contributed by atoms with van der Waals surface area (Å²) in [7, 11) is 0. The molecule has 474 valence electrons. The Kier molecular flexibility index (Phi) is 20.3. The zero-order valence-electron chi connectivity index (χ0n) is 46.7. The second-order valence-electron chi connectivity index (χ2n) is 21.0. The highest BCUT2D eigenvalue weighted by atomic mass is 16.8. The third kappa shape index (κ3) is 14.5. The molecule has 9 rings (SSSR count). The SMILES string of the molecule is CC(=O)OC[C@H]1O[C@@H](O[C@H]2[C@H](O)[C@@H](CO)O[C@@H](Oc3cc(O)c4c(=O)c(O[C@@H]5O[C@@H](C)[C@H](O)[C@@H](OC(=O)C=Cc6ccc(O)cc6)[C@H]5OC(=O)C=Cc5ccc(O)cc5)c(-c5ccc(O)cc5)oc4c3)[C@@H]2O[C@@H]2O[C@@H](C)[C@H](O)[C@@H](O)[C@H]2O)[C@H](O)[C@@H](O)[C@@H]1O. The number of rotatable bonds is 18. The Hall–Kier alpha value is -7.82. The fourth-order valence-corrected chi connectivity index (χ4v) is 9.91. The first-order valence-corrected chi connectivity index (χ1v) is 27.3. The average molecular weight is 1240 g/mol. The third-order valence-electron chi connectivity index (χ3n) is 14.7. The number of hydrogen-bond acceptors (Lipinski definition) is 29. The van der Waals surface area contributed by atoms with Gasteiger partial charge >= 0.3 is 17.9 Å². The zero-order valence-corrected chi connectivity index (χ0v) is 46.7. The van der Waals surface area contributed by atoms with Crippen molar-refractivity contribution in [3.63, 3.8) is 0 Å². The second-order valence-corrected chi connectivity index (χ2v) is 21.0. The van der Waals surface area contributed by atoms with Crippen LogP contribution in [0.4, 0.5) is 0 Å². The van der Waals surface area contributed by atoms with E-state index in [-0.39, 0.29) is 22.8 Å². The van der Waals surface area contributed by atoms with Crippen LogP contribution in [0.2, 0.25) is 0 Å². The third-order valence-corrected chi connectivity index (χ3v) is 14.7. The predicted molar refractivity (Wildman–Crippen MR) is 294 cm³/mol. The minimum atomic E-state index is -2.11. The van der Waals surface area contributed by atoms with Crippen LogP contribution in [0.3, 0.4) is 0 Å². The Morgan fingerprint density at radius 2 is 1.03 bits per heavy atom. The number of aliphatic hydroxyl groups is 9. The molecule has 5 heterocycles. The number of carbonyl (C=O) groups excluding carboxylic acids is 3. The van der Waals surface area contributed by atoms with Gasteiger partial charge in [0, 0.05) is 36.8 Å². The molecule has 88 heavy (non-hydrogen) atoms. The van der Waals surface area contributed by atoms with Gasteiger partial charge in [-0.1, -0.05) is 24.3 Å². The number of carbonyl (C=O) groups is 3. The summed E-state index contributed by atoms with van der Waals surface area (Å²) in [4.78, 5) is 54.0. The summed E-state index contributed by atoms with van der Waals surface area (Å²) in [5.41, 5.74) is -0.757. The number of phenolic OH excluding ortho intramolecular Hbond substituents is 4. The maximum Gasteiger partial charge on any atom is 0.331 e. The van der Waals surface area contributed by atoms with Crippen molar-refractivity contribution in [3.05, 3.63) is 118 Å². The summed E-state index contributed by atoms with van der Waals surface area (Å²) in [6.45, 7) is 2.05. The van der Waals surface area contributed by atoms with Crippen molar-refractivity contribution in [2.45, 2.75) is 144 Å². The number of benzene rings is 4. The van der Waals surface area contributed by atoms with E-state index in [2.05, 4.69) is 0 Å². The molecular formula is C59H64O29. The molecule has 1 aromatic heterocycles. The number of esters is 3. The number of hydrogen-bond donors (Lipinski definition) is 13. The van der Waals surface area contributed by atoms with E-state index in [1.165, 1.54) is 98.8 Å². The van der Waals surface area contributed by atoms with Crippen molar-refractivity contribution in [1.82, 2.24) is 0 Å². The summed E-state index contributed by atoms with van der Waals surface area (Å²) in [6, 6.07) is 18.3. The van der Waals surface area contributed by atoms with E-state index in [9.17, 15) is 80.8 Å². The smallest absolute Gasteiger partial charge is 0.331 e. The van der Waals surface area contributed by atoms with E-state index in [0.717, 1.165) is 31.2 Å². The molecule has 4 aliphatic heterocycles. The molecule has 13 N–H and O–H groups in total. The largest absolute Gasteiger partial charge is 0.508 e. The normalized spacial score (nSPS) is 32.6. The molecule has 4 aromatic carbocycles. The molecule has 29 heteroatoms. The molecule has 0 amide bonds. The molecule has 4 aliphatic rings. The van der Waals surface area contributed by atoms with E-state index in [0.29, 0.717) is 11.1 Å². The monoisotopic (exact) mass is 1240 g/mol. The number of aliphatic hydroxyl groups excluding tert-OH is 9. The molecule has 4 saturated heterocycles. The van der Waals surface area contributed by atoms with Crippen LogP contribution in [0.1, 0.15) is 31.9 Å². The van der Waals surface area contributed by atoms with Crippen LogP contribution in [0.15, 0.2) is 106 Å². The maximum absolute atomic E-state index is 15.1. The minimum absolute atomic E-state index is 0.00509. The predicted octanol–water partition coefficient (Wildman–Crippen LogP) is -0.557. The molecule has 29 nitrogen and oxygen atoms in total. The molecule has 0 spiro atoms. The lowest BCUT2D eigenvalue weighted by atomic mass is 9.96. The van der Waals surface area contributed by atoms with Crippen LogP contribution in [-0.4, -0.2) is 220 Å². The lowest BCUT2D eigenvalue weighted by Gasteiger charge is -2.48. The topological polar surface area (TPSA) is 446 Å². The Bertz CT molecular complexity index is 3350. The summed E-state index contributed by atoms with van der Waals surface area (Å²) in [6.07, 6.45) is -32.2. The van der Waals surface area contributed by atoms with Gasteiger partial charge in [0.15, 0.2) is 30.5 Å². The van der Waals surface area contributed by atoms with Gasteiger partial charge in [0.1, 0.15) is 113 Å². The number of ether oxygens (including phenoxy) is 11. The van der Waals surface area contributed by atoms with E-state index in [1.807, 2.05) is 0 Å². The van der Waals surface area contributed by atoms with Crippen LogP contribution in [0.5, 0.6) is 34.5 Å². The lowest BCUT2D eigenvalue weighted by Crippen LogP contribution is -2.67. The molecule has 4 fully saturated rings. The first-order valence-electron chi connectivity index (χ1n) is 27.3. The van der Waals surface area contributed by atoms with Gasteiger partial charge in [0.25, 0.3) is 0 Å². The summed E-state index contributed by atoms with van der Waals surface area (Å²) >= 11 is 0. The molecule has 20 atom stereocenters. The molecule has 0 unspecified atom stereocenters. The average Bonchev–Trinajstić information content (AvgIpc) is 0.856. The van der Waals surface area contributed by atoms with E-state index in [4.69, 9.17) is 56.5 Å². The quantitative estimate of drug-likeness (QED) is 0.0297. The van der Waals surface area contributed by atoms with Gasteiger partial charge in [-0.05, 0) is 85.7 Å². The van der Waals surface area contributed by atoms with E-state index < -0.39 is 193 Å². The van der Waals surface area contributed by atoms with Gasteiger partial charge in [-0.3, -0.25) is 9.59 Å². The first-order chi connectivity index (χ1) is 41.9. The Balaban J connectivity index is 1.09. The van der Waals surface area contributed by atoms with Gasteiger partial charge in [0.05, 0.1) is 18.8 Å². The fourth-order valence-electron chi connectivity index (χ4n) is 9.91. The number of phenols is 4. The molecule has 0 bridgehead atoms. The fraction of sp³-hybridized carbons (Fsp3) is 0.424. The standard InChI is InChI=1S/C59H64O29/c1-24-41(68)46(73)48(75)56(78-24)88-55-52(86-57-49(76)47(74)43(70)37(83-57)23-77-26(3)61)44(71)36(22-60)82-59(55)80-33-20-34(65)40-35(21-33)81-50(29-10-16-32(64)17-11-29)53(45(40)72)87-58-54(85-39(67)19-9-28-6-14-31(63)15-7-28)51(42(69)25(2)79-58)84-38(66)18-8-27-4-12-30(62)13-5-27/h4-21,24-25,36-37,41-44,46-49,51-52,54-60,62-65,68-71,73-76H,22-23H2,1-3H3/t24-,25-,36+,37+,41-,42-,43+,44+,46+,47-,48+,49+,51+,52-,54+,55+,56-,57-,58-,59+/m0/s1. The molecule has 5 aromatic rings. The minimum Gasteiger partial charge on any atom is -0.508 e. The molecule has 0 radical (unpaired) electrons. The number of aromatic hydroxyl groups is 4. The van der Waals surface area contributed by atoms with Crippen molar-refractivity contribution >= 4 is 41.0 Å². The highest BCUT2D eigenvalue weighted by molar-refractivity contribution is 5.89. The number of fused-ring (bicyclic) bond motifs is 1. The van der Waals surface area contributed by atoms with Crippen LogP contribution >= 0.6 is 0 Å². The summed E-state index contributed by atoms with van der Waals surface area (Å²) in [5, 5.41) is 140. The van der Waals surface area contributed by atoms with E-state index in [1.54, 1.807) is 0 Å². The molecule has 0 aliphatic carbocycles. The van der Waals surface area contributed by atoms with Gasteiger partial charge in [0.2, 0.25) is 29.9 Å². The van der Waals surface area contributed by atoms with Crippen molar-refractivity contribution in [2.24, 2.45) is 0 Å². The van der Waals surface area contributed by atoms with E-state index >= 15 is 4.79 Å². The molecule has 0 saturated carbocycles. The maximum atomic E-state index is 15.1. The summed E-state index contributed by atoms with van der Waals surface area (Å²) < 4.78 is 70.9. The molecular weight excluding hydrogens is 1170 g/mol. The van der Waals surface area contributed by atoms with Crippen molar-refractivity contribution in [3.8, 4) is 45.8 Å². The van der Waals surface area contributed by atoms with Gasteiger partial charge in [-0.25, -0.2) is 9.59 Å². The van der Waals surface area contributed by atoms with Gasteiger partial charge in [-0.2, -0.15) is 0 Å². The lowest BCUT2D eigenvalue weighted by molar-refractivity contribution is -0.383. The highest BCUT2D eigenvalue weighted by Gasteiger charge is 2.55. The Labute approximate surface area is 498 Å². The zero-order chi connectivity index (χ0) is 63.4. The van der Waals surface area contributed by atoms with Gasteiger partial charge < -0.3 is 123 Å². The van der Waals surface area contributed by atoms with Gasteiger partial charge in [-0.15, -0.1) is 0 Å². The highest BCUT2D eigenvalue weighted by Crippen LogP contribution is 2.41. The van der Waals surface area contributed by atoms with Crippen LogP contribution in [0, 0.1) is 0 Å². The van der Waals surface area contributed by atoms with Crippen LogP contribution in [-0.2, 0) is 57.0 Å². The van der Waals surface area contributed by atoms with Crippen LogP contribution in [0.25, 0.3) is 34.4 Å². The van der Waals surface area contributed by atoms with Crippen molar-refractivity contribution in [2.75, 3.05) is 13.2 Å². The second kappa shape index (κ2) is 27.7. The van der Waals surface area contributed by atoms with Crippen molar-refractivity contribution in [1.29, 1.82) is 0 Å². The van der Waals surface area contributed by atoms with Crippen molar-refractivity contribution < 1.29 is 137 Å².